The molecule has 0 saturated heterocycles. The van der Waals surface area contributed by atoms with Crippen LogP contribution in [0.3, 0.4) is 0 Å². The van der Waals surface area contributed by atoms with Gasteiger partial charge in [-0.15, -0.1) is 0 Å². The quantitative estimate of drug-likeness (QED) is 0.428. The van der Waals surface area contributed by atoms with E-state index in [1.54, 1.807) is 0 Å². The van der Waals surface area contributed by atoms with E-state index in [0.29, 0.717) is 66.4 Å². The molecule has 0 aromatic heterocycles. The zero-order chi connectivity index (χ0) is 27.5. The molecule has 216 valence electrons. The minimum Gasteiger partial charge on any atom is -0.486 e. The first-order valence-electron chi connectivity index (χ1n) is 15.3. The van der Waals surface area contributed by atoms with Gasteiger partial charge in [-0.25, -0.2) is 0 Å². The van der Waals surface area contributed by atoms with Gasteiger partial charge in [-0.1, -0.05) is 20.8 Å². The van der Waals surface area contributed by atoms with Crippen LogP contribution < -0.4 is 14.8 Å². The van der Waals surface area contributed by atoms with Crippen LogP contribution in [0.25, 0.3) is 0 Å². The molecule has 11 atom stereocenters. The molecule has 6 rings (SSSR count). The van der Waals surface area contributed by atoms with Gasteiger partial charge in [0.15, 0.2) is 11.5 Å². The summed E-state index contributed by atoms with van der Waals surface area (Å²) in [5.74, 6) is 3.13. The largest absolute Gasteiger partial charge is 0.486 e. The maximum Gasteiger partial charge on any atom is 0.224 e. The van der Waals surface area contributed by atoms with E-state index < -0.39 is 6.10 Å². The van der Waals surface area contributed by atoms with E-state index in [1.165, 1.54) is 0 Å². The third-order valence-electron chi connectivity index (χ3n) is 12.2. The van der Waals surface area contributed by atoms with Gasteiger partial charge in [-0.3, -0.25) is 4.79 Å². The molecule has 4 aliphatic carbocycles. The lowest BCUT2D eigenvalue weighted by Crippen LogP contribution is -2.62. The molecular weight excluding hydrogens is 494 g/mol. The van der Waals surface area contributed by atoms with E-state index in [4.69, 9.17) is 9.47 Å². The van der Waals surface area contributed by atoms with Crippen molar-refractivity contribution in [2.45, 2.75) is 96.9 Å². The highest BCUT2D eigenvalue weighted by Crippen LogP contribution is 2.68. The Kier molecular flexibility index (Phi) is 7.16. The molecule has 4 fully saturated rings. The predicted octanol–water partition coefficient (Wildman–Crippen LogP) is 4.77. The molecule has 4 N–H and O–H groups in total. The zero-order valence-electron chi connectivity index (χ0n) is 23.8. The number of amides is 1. The second-order valence-corrected chi connectivity index (χ2v) is 13.9. The lowest BCUT2D eigenvalue weighted by Gasteiger charge is -2.63. The molecule has 5 aliphatic rings. The van der Waals surface area contributed by atoms with Crippen LogP contribution in [0.15, 0.2) is 18.2 Å². The highest BCUT2D eigenvalue weighted by Gasteiger charge is 2.65. The average molecular weight is 542 g/mol. The minimum atomic E-state index is -0.403. The number of aliphatic hydroxyl groups excluding tert-OH is 3. The predicted molar refractivity (Wildman–Crippen MR) is 148 cm³/mol. The molecule has 1 aliphatic heterocycles. The molecule has 7 heteroatoms. The summed E-state index contributed by atoms with van der Waals surface area (Å²) in [5.41, 5.74) is 0.554. The van der Waals surface area contributed by atoms with Crippen molar-refractivity contribution in [2.75, 3.05) is 18.5 Å². The highest BCUT2D eigenvalue weighted by molar-refractivity contribution is 5.91. The smallest absolute Gasteiger partial charge is 0.224 e. The standard InChI is InChI=1S/C32H47NO6/c1-18(4-9-29(37)33-20-5-8-26-27(16-20)39-13-12-38-26)22-6-7-23-30-24(17-28(36)32(22,23)3)31(2)11-10-21(34)14-19(31)15-25(30)35/h5,8,16,18-19,21-25,28,30,34-36H,4,6-7,9-15,17H2,1-3H3,(H,33,37). The van der Waals surface area contributed by atoms with Crippen molar-refractivity contribution < 1.29 is 29.6 Å². The third kappa shape index (κ3) is 4.57. The van der Waals surface area contributed by atoms with Gasteiger partial charge in [0.2, 0.25) is 5.91 Å². The molecule has 11 unspecified atom stereocenters. The molecule has 7 nitrogen and oxygen atoms in total. The molecule has 4 saturated carbocycles. The maximum absolute atomic E-state index is 12.9. The van der Waals surface area contributed by atoms with Crippen LogP contribution in [-0.4, -0.2) is 52.8 Å². The van der Waals surface area contributed by atoms with E-state index in [9.17, 15) is 20.1 Å². The first-order chi connectivity index (χ1) is 18.6. The van der Waals surface area contributed by atoms with E-state index in [0.717, 1.165) is 51.4 Å². The topological polar surface area (TPSA) is 108 Å². The average Bonchev–Trinajstić information content (AvgIpc) is 3.27. The summed E-state index contributed by atoms with van der Waals surface area (Å²) in [4.78, 5) is 12.9. The van der Waals surface area contributed by atoms with E-state index >= 15 is 0 Å². The summed E-state index contributed by atoms with van der Waals surface area (Å²) in [5, 5.41) is 36.6. The lowest BCUT2D eigenvalue weighted by molar-refractivity contribution is -0.207. The van der Waals surface area contributed by atoms with Crippen molar-refractivity contribution in [1.82, 2.24) is 0 Å². The second-order valence-electron chi connectivity index (χ2n) is 13.9. The second kappa shape index (κ2) is 10.2. The SMILES string of the molecule is CC(CCC(=O)Nc1ccc2c(c1)OCCO2)C1CCC2C3C(O)CC4CC(O)CCC4(C)C3CC(O)C12C. The van der Waals surface area contributed by atoms with Gasteiger partial charge >= 0.3 is 0 Å². The van der Waals surface area contributed by atoms with Crippen molar-refractivity contribution >= 4 is 11.6 Å². The first-order valence-corrected chi connectivity index (χ1v) is 15.3. The van der Waals surface area contributed by atoms with Gasteiger partial charge in [0.25, 0.3) is 0 Å². The summed E-state index contributed by atoms with van der Waals surface area (Å²) in [6.45, 7) is 7.93. The van der Waals surface area contributed by atoms with Crippen molar-refractivity contribution in [3.05, 3.63) is 18.2 Å². The van der Waals surface area contributed by atoms with Gasteiger partial charge in [0, 0.05) is 18.2 Å². The molecule has 1 aromatic rings. The molecule has 39 heavy (non-hydrogen) atoms. The van der Waals surface area contributed by atoms with Crippen molar-refractivity contribution in [2.24, 2.45) is 46.3 Å². The van der Waals surface area contributed by atoms with E-state index in [1.807, 2.05) is 18.2 Å². The molecule has 1 aromatic carbocycles. The highest BCUT2D eigenvalue weighted by atomic mass is 16.6. The number of ether oxygens (including phenoxy) is 2. The van der Waals surface area contributed by atoms with Crippen LogP contribution in [0.5, 0.6) is 11.5 Å². The number of rotatable bonds is 5. The normalized spacial score (nSPS) is 43.5. The fraction of sp³-hybridized carbons (Fsp3) is 0.781. The molecule has 1 heterocycles. The summed E-state index contributed by atoms with van der Waals surface area (Å²) in [6.07, 6.45) is 6.37. The molecular formula is C32H47NO6. The first kappa shape index (κ1) is 27.3. The molecule has 1 amide bonds. The number of hydrogen-bond donors (Lipinski definition) is 4. The van der Waals surface area contributed by atoms with Gasteiger partial charge in [-0.2, -0.15) is 0 Å². The van der Waals surface area contributed by atoms with Crippen LogP contribution in [-0.2, 0) is 4.79 Å². The third-order valence-corrected chi connectivity index (χ3v) is 12.2. The number of carbonyl (C=O) groups is 1. The Morgan fingerprint density at radius 1 is 1.03 bits per heavy atom. The summed E-state index contributed by atoms with van der Waals surface area (Å²) in [6, 6.07) is 5.50. The Morgan fingerprint density at radius 2 is 1.79 bits per heavy atom. The Labute approximate surface area is 232 Å². The number of anilines is 1. The Bertz CT molecular complexity index is 1080. The van der Waals surface area contributed by atoms with Crippen LogP contribution in [0, 0.1) is 46.3 Å². The number of hydrogen-bond acceptors (Lipinski definition) is 6. The number of nitrogens with one attached hydrogen (secondary N) is 1. The summed E-state index contributed by atoms with van der Waals surface area (Å²) < 4.78 is 11.2. The van der Waals surface area contributed by atoms with Crippen LogP contribution in [0.2, 0.25) is 0 Å². The molecule has 0 spiro atoms. The minimum absolute atomic E-state index is 0.0105. The number of fused-ring (bicyclic) bond motifs is 6. The molecule has 0 radical (unpaired) electrons. The van der Waals surface area contributed by atoms with Crippen molar-refractivity contribution in [1.29, 1.82) is 0 Å². The molecule has 0 bridgehead atoms. The number of aliphatic hydroxyl groups is 3. The van der Waals surface area contributed by atoms with Crippen LogP contribution >= 0.6 is 0 Å². The van der Waals surface area contributed by atoms with E-state index in [-0.39, 0.29) is 34.9 Å². The maximum atomic E-state index is 12.9. The zero-order valence-corrected chi connectivity index (χ0v) is 23.8. The van der Waals surface area contributed by atoms with Crippen molar-refractivity contribution in [3.8, 4) is 11.5 Å². The van der Waals surface area contributed by atoms with E-state index in [2.05, 4.69) is 26.1 Å². The van der Waals surface area contributed by atoms with Crippen LogP contribution in [0.1, 0.15) is 78.6 Å². The Balaban J connectivity index is 1.11. The summed E-state index contributed by atoms with van der Waals surface area (Å²) in [7, 11) is 0. The fourth-order valence-electron chi connectivity index (χ4n) is 10.0. The van der Waals surface area contributed by atoms with Gasteiger partial charge in [0.05, 0.1) is 18.3 Å². The Hall–Kier alpha value is -1.83. The van der Waals surface area contributed by atoms with Gasteiger partial charge in [-0.05, 0) is 110 Å². The fourth-order valence-corrected chi connectivity index (χ4v) is 10.0. The summed E-state index contributed by atoms with van der Waals surface area (Å²) >= 11 is 0. The van der Waals surface area contributed by atoms with Crippen molar-refractivity contribution in [3.63, 3.8) is 0 Å². The number of benzene rings is 1. The van der Waals surface area contributed by atoms with Gasteiger partial charge < -0.3 is 30.1 Å². The van der Waals surface area contributed by atoms with Gasteiger partial charge in [0.1, 0.15) is 13.2 Å². The number of carbonyl (C=O) groups excluding carboxylic acids is 1. The Morgan fingerprint density at radius 3 is 2.59 bits per heavy atom. The lowest BCUT2D eigenvalue weighted by atomic mass is 9.43. The van der Waals surface area contributed by atoms with Crippen LogP contribution in [0.4, 0.5) is 5.69 Å². The monoisotopic (exact) mass is 541 g/mol.